The van der Waals surface area contributed by atoms with E-state index in [1.165, 1.54) is 36.8 Å². The van der Waals surface area contributed by atoms with E-state index in [1.54, 1.807) is 6.08 Å². The molecule has 2 saturated carbocycles. The molecule has 160 valence electrons. The second-order valence-corrected chi connectivity index (χ2v) is 9.38. The van der Waals surface area contributed by atoms with Crippen LogP contribution in [0.5, 0.6) is 0 Å². The van der Waals surface area contributed by atoms with E-state index in [-0.39, 0.29) is 11.8 Å². The van der Waals surface area contributed by atoms with Crippen molar-refractivity contribution in [3.63, 3.8) is 0 Å². The molecule has 0 bridgehead atoms. The first-order valence-corrected chi connectivity index (χ1v) is 11.6. The van der Waals surface area contributed by atoms with Crippen LogP contribution in [-0.2, 0) is 9.59 Å². The molecule has 4 N–H and O–H groups in total. The molecule has 1 aromatic carbocycles. The quantitative estimate of drug-likeness (QED) is 0.692. The van der Waals surface area contributed by atoms with Crippen molar-refractivity contribution in [1.82, 2.24) is 0 Å². The predicted molar refractivity (Wildman–Crippen MR) is 120 cm³/mol. The summed E-state index contributed by atoms with van der Waals surface area (Å²) in [5.41, 5.74) is 14.1. The predicted octanol–water partition coefficient (Wildman–Crippen LogP) is 4.74. The number of carbonyl (C=O) groups is 2. The normalized spacial score (nSPS) is 25.3. The lowest BCUT2D eigenvalue weighted by atomic mass is 9.55. The highest BCUT2D eigenvalue weighted by Gasteiger charge is 2.55. The van der Waals surface area contributed by atoms with Crippen LogP contribution in [0.15, 0.2) is 48.1 Å². The van der Waals surface area contributed by atoms with E-state index in [1.807, 2.05) is 24.3 Å². The molecular weight excluding hydrogens is 372 g/mol. The Kier molecular flexibility index (Phi) is 6.12. The zero-order chi connectivity index (χ0) is 21.1. The fraction of sp³-hybridized carbons (Fsp3) is 0.538. The fourth-order valence-electron chi connectivity index (χ4n) is 6.28. The number of amides is 2. The molecule has 1 atom stereocenters. The van der Waals surface area contributed by atoms with Gasteiger partial charge < -0.3 is 11.5 Å². The summed E-state index contributed by atoms with van der Waals surface area (Å²) in [6.45, 7) is 0. The average Bonchev–Trinajstić information content (AvgIpc) is 2.79. The maximum absolute atomic E-state index is 12.9. The van der Waals surface area contributed by atoms with Gasteiger partial charge >= 0.3 is 0 Å². The van der Waals surface area contributed by atoms with Gasteiger partial charge in [-0.25, -0.2) is 0 Å². The lowest BCUT2D eigenvalue weighted by molar-refractivity contribution is -0.140. The van der Waals surface area contributed by atoms with Crippen LogP contribution in [0.1, 0.15) is 69.8 Å². The minimum absolute atomic E-state index is 0.226. The van der Waals surface area contributed by atoms with E-state index in [0.29, 0.717) is 5.92 Å². The van der Waals surface area contributed by atoms with Gasteiger partial charge in [0.2, 0.25) is 11.8 Å². The summed E-state index contributed by atoms with van der Waals surface area (Å²) in [4.78, 5) is 25.8. The highest BCUT2D eigenvalue weighted by molar-refractivity contribution is 6.08. The monoisotopic (exact) mass is 406 g/mol. The minimum Gasteiger partial charge on any atom is -0.368 e. The van der Waals surface area contributed by atoms with Crippen LogP contribution in [0, 0.1) is 23.2 Å². The Hall–Kier alpha value is -2.36. The van der Waals surface area contributed by atoms with Gasteiger partial charge in [0.05, 0.1) is 0 Å². The molecule has 2 fully saturated rings. The van der Waals surface area contributed by atoms with E-state index < -0.39 is 17.2 Å². The van der Waals surface area contributed by atoms with E-state index in [4.69, 9.17) is 11.5 Å². The molecular formula is C26H34N2O2. The lowest BCUT2D eigenvalue weighted by Crippen LogP contribution is -2.55. The minimum atomic E-state index is -1.42. The van der Waals surface area contributed by atoms with Crippen LogP contribution in [0.2, 0.25) is 0 Å². The third-order valence-electron chi connectivity index (χ3n) is 7.72. The van der Waals surface area contributed by atoms with Crippen molar-refractivity contribution in [3.05, 3.63) is 53.6 Å². The van der Waals surface area contributed by atoms with Gasteiger partial charge in [-0.15, -0.1) is 0 Å². The third kappa shape index (κ3) is 3.61. The zero-order valence-corrected chi connectivity index (χ0v) is 17.8. The van der Waals surface area contributed by atoms with Crippen LogP contribution < -0.4 is 11.5 Å². The van der Waals surface area contributed by atoms with Crippen LogP contribution in [0.4, 0.5) is 0 Å². The van der Waals surface area contributed by atoms with Crippen molar-refractivity contribution < 1.29 is 9.59 Å². The SMILES string of the molecule is NC(=O)C1(C(N)=O)C=CC(c2ccccc2)=C(C2CCCCC2)C1C1CCCCC1. The topological polar surface area (TPSA) is 86.2 Å². The Balaban J connectivity index is 1.93. The summed E-state index contributed by atoms with van der Waals surface area (Å²) < 4.78 is 0. The van der Waals surface area contributed by atoms with Gasteiger partial charge in [-0.05, 0) is 48.7 Å². The van der Waals surface area contributed by atoms with Crippen LogP contribution in [-0.4, -0.2) is 11.8 Å². The summed E-state index contributed by atoms with van der Waals surface area (Å²) >= 11 is 0. The molecule has 3 aliphatic rings. The maximum atomic E-state index is 12.9. The fourth-order valence-corrected chi connectivity index (χ4v) is 6.28. The van der Waals surface area contributed by atoms with Crippen molar-refractivity contribution in [2.24, 2.45) is 34.6 Å². The van der Waals surface area contributed by atoms with Crippen molar-refractivity contribution in [2.45, 2.75) is 64.2 Å². The first kappa shape index (κ1) is 20.9. The number of carbonyl (C=O) groups excluding carboxylic acids is 2. The third-order valence-corrected chi connectivity index (χ3v) is 7.72. The number of benzene rings is 1. The van der Waals surface area contributed by atoms with Gasteiger partial charge in [-0.1, -0.05) is 86.6 Å². The summed E-state index contributed by atoms with van der Waals surface area (Å²) in [5, 5.41) is 0. The maximum Gasteiger partial charge on any atom is 0.237 e. The Morgan fingerprint density at radius 3 is 1.93 bits per heavy atom. The molecule has 4 heteroatoms. The zero-order valence-electron chi connectivity index (χ0n) is 17.8. The van der Waals surface area contributed by atoms with Gasteiger partial charge in [0.15, 0.2) is 5.41 Å². The Labute approximate surface area is 179 Å². The second-order valence-electron chi connectivity index (χ2n) is 9.38. The number of allylic oxidation sites excluding steroid dienone is 3. The molecule has 4 nitrogen and oxygen atoms in total. The average molecular weight is 407 g/mol. The molecule has 0 heterocycles. The number of primary amides is 2. The standard InChI is InChI=1S/C26H34N2O2/c27-24(29)26(25(28)30)17-16-21(18-10-4-1-5-11-18)22(19-12-6-2-7-13-19)23(26)20-14-8-3-9-15-20/h1,4-5,10-11,16-17,19-20,23H,2-3,6-9,12-15H2,(H2,27,29)(H2,28,30). The van der Waals surface area contributed by atoms with Gasteiger partial charge in [0, 0.05) is 5.92 Å². The van der Waals surface area contributed by atoms with Crippen molar-refractivity contribution in [2.75, 3.05) is 0 Å². The summed E-state index contributed by atoms with van der Waals surface area (Å²) in [6.07, 6.45) is 15.1. The first-order valence-electron chi connectivity index (χ1n) is 11.6. The Bertz CT molecular complexity index is 829. The summed E-state index contributed by atoms with van der Waals surface area (Å²) in [7, 11) is 0. The van der Waals surface area contributed by atoms with E-state index in [9.17, 15) is 9.59 Å². The number of rotatable bonds is 5. The second kappa shape index (κ2) is 8.79. The van der Waals surface area contributed by atoms with Gasteiger partial charge in [-0.3, -0.25) is 9.59 Å². The van der Waals surface area contributed by atoms with Crippen molar-refractivity contribution in [3.8, 4) is 0 Å². The van der Waals surface area contributed by atoms with Crippen molar-refractivity contribution in [1.29, 1.82) is 0 Å². The van der Waals surface area contributed by atoms with Gasteiger partial charge in [-0.2, -0.15) is 0 Å². The number of hydrogen-bond donors (Lipinski definition) is 2. The molecule has 1 aromatic rings. The number of nitrogens with two attached hydrogens (primary N) is 2. The van der Waals surface area contributed by atoms with Crippen LogP contribution in [0.25, 0.3) is 5.57 Å². The Morgan fingerprint density at radius 2 is 1.37 bits per heavy atom. The summed E-state index contributed by atoms with van der Waals surface area (Å²) in [5.74, 6) is -0.774. The van der Waals surface area contributed by atoms with E-state index in [0.717, 1.165) is 44.1 Å². The molecule has 0 aromatic heterocycles. The Morgan fingerprint density at radius 1 is 0.800 bits per heavy atom. The largest absolute Gasteiger partial charge is 0.368 e. The number of hydrogen-bond acceptors (Lipinski definition) is 2. The van der Waals surface area contributed by atoms with E-state index in [2.05, 4.69) is 12.1 Å². The molecule has 4 rings (SSSR count). The molecule has 1 unspecified atom stereocenters. The molecule has 0 aliphatic heterocycles. The van der Waals surface area contributed by atoms with Gasteiger partial charge in [0.1, 0.15) is 0 Å². The smallest absolute Gasteiger partial charge is 0.237 e. The van der Waals surface area contributed by atoms with E-state index >= 15 is 0 Å². The summed E-state index contributed by atoms with van der Waals surface area (Å²) in [6, 6.07) is 10.4. The molecule has 3 aliphatic carbocycles. The molecule has 30 heavy (non-hydrogen) atoms. The first-order chi connectivity index (χ1) is 14.6. The molecule has 2 amide bonds. The highest BCUT2D eigenvalue weighted by atomic mass is 16.2. The molecule has 0 radical (unpaired) electrons. The van der Waals surface area contributed by atoms with Crippen LogP contribution in [0.3, 0.4) is 0 Å². The molecule has 0 spiro atoms. The molecule has 0 saturated heterocycles. The van der Waals surface area contributed by atoms with Crippen LogP contribution >= 0.6 is 0 Å². The van der Waals surface area contributed by atoms with Gasteiger partial charge in [0.25, 0.3) is 0 Å². The lowest BCUT2D eigenvalue weighted by Gasteiger charge is -2.47. The highest BCUT2D eigenvalue weighted by Crippen LogP contribution is 2.54. The van der Waals surface area contributed by atoms with Crippen molar-refractivity contribution >= 4 is 17.4 Å².